The van der Waals surface area contributed by atoms with E-state index in [2.05, 4.69) is 12.2 Å². The van der Waals surface area contributed by atoms with E-state index in [4.69, 9.17) is 4.74 Å². The quantitative estimate of drug-likeness (QED) is 0.795. The van der Waals surface area contributed by atoms with Crippen LogP contribution < -0.4 is 10.1 Å². The summed E-state index contributed by atoms with van der Waals surface area (Å²) in [6.45, 7) is 2.82. The molecule has 0 saturated carbocycles. The number of fused-ring (bicyclic) bond motifs is 1. The zero-order valence-corrected chi connectivity index (χ0v) is 9.16. The lowest BCUT2D eigenvalue weighted by Crippen LogP contribution is -2.24. The molecule has 1 aromatic carbocycles. The minimum absolute atomic E-state index is 0.309. The van der Waals surface area contributed by atoms with E-state index >= 15 is 0 Å². The second-order valence-corrected chi connectivity index (χ2v) is 4.12. The summed E-state index contributed by atoms with van der Waals surface area (Å²) in [7, 11) is 1.95. The first-order valence-corrected chi connectivity index (χ1v) is 5.34. The van der Waals surface area contributed by atoms with Gasteiger partial charge in [0.1, 0.15) is 11.5 Å². The molecule has 1 aliphatic rings. The van der Waals surface area contributed by atoms with Gasteiger partial charge in [0.25, 0.3) is 0 Å². The van der Waals surface area contributed by atoms with E-state index < -0.39 is 0 Å². The van der Waals surface area contributed by atoms with E-state index in [1.165, 1.54) is 0 Å². The van der Waals surface area contributed by atoms with Crippen molar-refractivity contribution in [2.45, 2.75) is 25.3 Å². The molecule has 3 heteroatoms. The molecule has 2 unspecified atom stereocenters. The number of hydrogen-bond acceptors (Lipinski definition) is 3. The molecule has 0 amide bonds. The number of nitrogens with one attached hydrogen (secondary N) is 1. The van der Waals surface area contributed by atoms with Crippen molar-refractivity contribution in [1.29, 1.82) is 0 Å². The van der Waals surface area contributed by atoms with Gasteiger partial charge in [0.15, 0.2) is 0 Å². The topological polar surface area (TPSA) is 41.5 Å². The maximum absolute atomic E-state index is 9.79. The van der Waals surface area contributed by atoms with Crippen LogP contribution in [0.15, 0.2) is 18.2 Å². The Labute approximate surface area is 90.1 Å². The van der Waals surface area contributed by atoms with Gasteiger partial charge in [-0.3, -0.25) is 0 Å². The Morgan fingerprint density at radius 2 is 2.40 bits per heavy atom. The second kappa shape index (κ2) is 4.11. The second-order valence-electron chi connectivity index (χ2n) is 4.12. The Kier molecular flexibility index (Phi) is 2.82. The van der Waals surface area contributed by atoms with Gasteiger partial charge in [-0.2, -0.15) is 0 Å². The predicted molar refractivity (Wildman–Crippen MR) is 59.5 cm³/mol. The van der Waals surface area contributed by atoms with Crippen molar-refractivity contribution in [1.82, 2.24) is 5.32 Å². The maximum Gasteiger partial charge on any atom is 0.126 e. The summed E-state index contributed by atoms with van der Waals surface area (Å²) in [6, 6.07) is 5.89. The number of ether oxygens (including phenoxy) is 1. The lowest BCUT2D eigenvalue weighted by Gasteiger charge is -2.15. The predicted octanol–water partition coefficient (Wildman–Crippen LogP) is 1.87. The third-order valence-corrected chi connectivity index (χ3v) is 3.02. The zero-order chi connectivity index (χ0) is 10.8. The number of phenols is 1. The Morgan fingerprint density at radius 3 is 3.13 bits per heavy atom. The molecular formula is C12H17NO2. The maximum atomic E-state index is 9.79. The first-order valence-electron chi connectivity index (χ1n) is 5.34. The third-order valence-electron chi connectivity index (χ3n) is 3.02. The summed E-state index contributed by atoms with van der Waals surface area (Å²) in [5.74, 6) is 1.50. The average molecular weight is 207 g/mol. The van der Waals surface area contributed by atoms with Gasteiger partial charge in [-0.15, -0.1) is 0 Å². The summed E-state index contributed by atoms with van der Waals surface area (Å²) < 4.78 is 5.55. The average Bonchev–Trinajstić information content (AvgIpc) is 2.63. The molecule has 0 radical (unpaired) electrons. The monoisotopic (exact) mass is 207 g/mol. The van der Waals surface area contributed by atoms with Crippen molar-refractivity contribution in [2.75, 3.05) is 13.7 Å². The molecule has 0 spiro atoms. The molecule has 1 aliphatic heterocycles. The van der Waals surface area contributed by atoms with Crippen LogP contribution in [-0.4, -0.2) is 24.8 Å². The molecule has 82 valence electrons. The molecule has 1 aromatic rings. The first kappa shape index (κ1) is 10.3. The summed E-state index contributed by atoms with van der Waals surface area (Å²) >= 11 is 0. The number of phenolic OH excluding ortho intramolecular Hbond substituents is 1. The van der Waals surface area contributed by atoms with Crippen molar-refractivity contribution >= 4 is 0 Å². The highest BCUT2D eigenvalue weighted by molar-refractivity contribution is 5.48. The lowest BCUT2D eigenvalue weighted by molar-refractivity contribution is 0.315. The van der Waals surface area contributed by atoms with Gasteiger partial charge in [-0.05, 0) is 32.5 Å². The third kappa shape index (κ3) is 1.92. The fourth-order valence-electron chi connectivity index (χ4n) is 2.07. The Balaban J connectivity index is 2.20. The molecule has 0 aromatic heterocycles. The molecule has 3 nitrogen and oxygen atoms in total. The van der Waals surface area contributed by atoms with Crippen molar-refractivity contribution < 1.29 is 9.84 Å². The van der Waals surface area contributed by atoms with Crippen LogP contribution in [0.25, 0.3) is 0 Å². The number of hydrogen-bond donors (Lipinski definition) is 2. The molecule has 0 aliphatic carbocycles. The highest BCUT2D eigenvalue weighted by atomic mass is 16.5. The summed E-state index contributed by atoms with van der Waals surface area (Å²) in [5.41, 5.74) is 0.972. The van der Waals surface area contributed by atoms with E-state index in [0.717, 1.165) is 17.7 Å². The van der Waals surface area contributed by atoms with E-state index in [9.17, 15) is 5.11 Å². The van der Waals surface area contributed by atoms with Crippen LogP contribution in [0.3, 0.4) is 0 Å². The summed E-state index contributed by atoms with van der Waals surface area (Å²) in [4.78, 5) is 0. The van der Waals surface area contributed by atoms with Gasteiger partial charge in [0.2, 0.25) is 0 Å². The Bertz CT molecular complexity index is 351. The number of rotatable bonds is 3. The fourth-order valence-corrected chi connectivity index (χ4v) is 2.07. The van der Waals surface area contributed by atoms with Gasteiger partial charge in [-0.25, -0.2) is 0 Å². The Hall–Kier alpha value is -1.22. The van der Waals surface area contributed by atoms with Crippen molar-refractivity contribution in [2.24, 2.45) is 0 Å². The molecule has 0 bridgehead atoms. The highest BCUT2D eigenvalue weighted by Gasteiger charge is 2.28. The van der Waals surface area contributed by atoms with Gasteiger partial charge >= 0.3 is 0 Å². The van der Waals surface area contributed by atoms with E-state index in [1.807, 2.05) is 19.2 Å². The number of aromatic hydroxyl groups is 1. The van der Waals surface area contributed by atoms with Gasteiger partial charge in [-0.1, -0.05) is 6.07 Å². The van der Waals surface area contributed by atoms with E-state index in [0.29, 0.717) is 24.3 Å². The Morgan fingerprint density at radius 1 is 1.60 bits per heavy atom. The summed E-state index contributed by atoms with van der Waals surface area (Å²) in [5, 5.41) is 13.0. The summed E-state index contributed by atoms with van der Waals surface area (Å²) in [6.07, 6.45) is 0.987. The molecular weight excluding hydrogens is 190 g/mol. The lowest BCUT2D eigenvalue weighted by atomic mass is 9.94. The SMILES string of the molecule is CNC(C)CC1COc2cccc(O)c21. The fraction of sp³-hybridized carbons (Fsp3) is 0.500. The molecule has 0 saturated heterocycles. The zero-order valence-electron chi connectivity index (χ0n) is 9.16. The first-order chi connectivity index (χ1) is 7.22. The van der Waals surface area contributed by atoms with Crippen LogP contribution >= 0.6 is 0 Å². The highest BCUT2D eigenvalue weighted by Crippen LogP contribution is 2.41. The van der Waals surface area contributed by atoms with Crippen LogP contribution in [0.5, 0.6) is 11.5 Å². The molecule has 2 rings (SSSR count). The van der Waals surface area contributed by atoms with E-state index in [1.54, 1.807) is 6.07 Å². The molecule has 15 heavy (non-hydrogen) atoms. The molecule has 2 atom stereocenters. The minimum Gasteiger partial charge on any atom is -0.508 e. The smallest absolute Gasteiger partial charge is 0.126 e. The number of benzene rings is 1. The van der Waals surface area contributed by atoms with Crippen LogP contribution in [0.1, 0.15) is 24.8 Å². The van der Waals surface area contributed by atoms with Crippen LogP contribution in [0.2, 0.25) is 0 Å². The minimum atomic E-state index is 0.309. The van der Waals surface area contributed by atoms with Crippen molar-refractivity contribution in [3.05, 3.63) is 23.8 Å². The normalized spacial score (nSPS) is 20.8. The standard InChI is InChI=1S/C12H17NO2/c1-8(13-2)6-9-7-15-11-5-3-4-10(14)12(9)11/h3-5,8-9,13-14H,6-7H2,1-2H3. The van der Waals surface area contributed by atoms with E-state index in [-0.39, 0.29) is 0 Å². The molecule has 0 fully saturated rings. The van der Waals surface area contributed by atoms with Gasteiger partial charge in [0.05, 0.1) is 6.61 Å². The van der Waals surface area contributed by atoms with Crippen LogP contribution in [0.4, 0.5) is 0 Å². The molecule has 1 heterocycles. The van der Waals surface area contributed by atoms with Crippen molar-refractivity contribution in [3.8, 4) is 11.5 Å². The molecule has 2 N–H and O–H groups in total. The van der Waals surface area contributed by atoms with Gasteiger partial charge in [0, 0.05) is 17.5 Å². The largest absolute Gasteiger partial charge is 0.508 e. The van der Waals surface area contributed by atoms with Crippen LogP contribution in [0, 0.1) is 0 Å². The van der Waals surface area contributed by atoms with Crippen LogP contribution in [-0.2, 0) is 0 Å². The van der Waals surface area contributed by atoms with Crippen molar-refractivity contribution in [3.63, 3.8) is 0 Å². The van der Waals surface area contributed by atoms with Gasteiger partial charge < -0.3 is 15.2 Å².